The maximum absolute atomic E-state index is 13.0. The molecule has 34 heavy (non-hydrogen) atoms. The van der Waals surface area contributed by atoms with Crippen LogP contribution in [0.5, 0.6) is 0 Å². The quantitative estimate of drug-likeness (QED) is 0.346. The Labute approximate surface area is 196 Å². The monoisotopic (exact) mass is 492 g/mol. The van der Waals surface area contributed by atoms with Crippen LogP contribution in [0.4, 0.5) is 16.4 Å². The molecule has 1 saturated heterocycles. The number of hydrogen-bond acceptors (Lipinski definition) is 10. The molecule has 2 amide bonds. The Kier molecular flexibility index (Phi) is 7.53. The van der Waals surface area contributed by atoms with E-state index in [1.54, 1.807) is 18.7 Å². The molecule has 0 aliphatic carbocycles. The lowest BCUT2D eigenvalue weighted by atomic mass is 10.1. The van der Waals surface area contributed by atoms with Crippen molar-refractivity contribution in [2.75, 3.05) is 38.2 Å². The second kappa shape index (κ2) is 10.4. The van der Waals surface area contributed by atoms with Gasteiger partial charge in [0, 0.05) is 25.2 Å². The van der Waals surface area contributed by atoms with Crippen LogP contribution < -0.4 is 5.32 Å². The molecule has 13 nitrogen and oxygen atoms in total. The highest BCUT2D eigenvalue weighted by Gasteiger charge is 2.30. The molecule has 2 aromatic rings. The molecule has 1 aromatic carbocycles. The van der Waals surface area contributed by atoms with Gasteiger partial charge in [0.25, 0.3) is 23.2 Å². The maximum atomic E-state index is 13.0. The lowest BCUT2D eigenvalue weighted by Crippen LogP contribution is -2.40. The Bertz CT molecular complexity index is 1140. The SMILES string of the molecule is CCOC(=O)c1c(NC(=O)c2cc([N+](=O)[O-])cc([N+](=O)[O-])c2)sc(C(=O)N2CCOCC2)c1C. The highest BCUT2D eigenvalue weighted by Crippen LogP contribution is 2.35. The molecule has 3 rings (SSSR count). The smallest absolute Gasteiger partial charge is 0.341 e. The summed E-state index contributed by atoms with van der Waals surface area (Å²) < 4.78 is 10.3. The summed E-state index contributed by atoms with van der Waals surface area (Å²) in [5, 5.41) is 24.7. The number of nitro benzene ring substituents is 2. The van der Waals surface area contributed by atoms with Gasteiger partial charge in [-0.3, -0.25) is 29.8 Å². The number of amides is 2. The minimum Gasteiger partial charge on any atom is -0.462 e. The average molecular weight is 492 g/mol. The van der Waals surface area contributed by atoms with Crippen molar-refractivity contribution in [1.82, 2.24) is 4.90 Å². The van der Waals surface area contributed by atoms with Gasteiger partial charge < -0.3 is 19.7 Å². The highest BCUT2D eigenvalue weighted by atomic mass is 32.1. The summed E-state index contributed by atoms with van der Waals surface area (Å²) in [5.41, 5.74) is -1.37. The number of rotatable bonds is 7. The minimum absolute atomic E-state index is 0.00767. The van der Waals surface area contributed by atoms with Gasteiger partial charge in [-0.1, -0.05) is 0 Å². The second-order valence-corrected chi connectivity index (χ2v) is 8.11. The third-order valence-corrected chi connectivity index (χ3v) is 6.13. The predicted molar refractivity (Wildman–Crippen MR) is 119 cm³/mol. The van der Waals surface area contributed by atoms with Gasteiger partial charge in [0.05, 0.1) is 51.7 Å². The van der Waals surface area contributed by atoms with E-state index in [-0.39, 0.29) is 33.5 Å². The third-order valence-electron chi connectivity index (χ3n) is 4.93. The summed E-state index contributed by atoms with van der Waals surface area (Å²) in [4.78, 5) is 60.9. The van der Waals surface area contributed by atoms with Gasteiger partial charge in [-0.05, 0) is 19.4 Å². The van der Waals surface area contributed by atoms with Gasteiger partial charge in [0.1, 0.15) is 5.00 Å². The van der Waals surface area contributed by atoms with E-state index in [1.165, 1.54) is 0 Å². The number of anilines is 1. The van der Waals surface area contributed by atoms with Gasteiger partial charge >= 0.3 is 5.97 Å². The molecule has 0 unspecified atom stereocenters. The topological polar surface area (TPSA) is 171 Å². The Morgan fingerprint density at radius 1 is 1.12 bits per heavy atom. The van der Waals surface area contributed by atoms with E-state index in [9.17, 15) is 34.6 Å². The van der Waals surface area contributed by atoms with Gasteiger partial charge in [-0.25, -0.2) is 4.79 Å². The molecular weight excluding hydrogens is 472 g/mol. The predicted octanol–water partition coefficient (Wildman–Crippen LogP) is 2.77. The van der Waals surface area contributed by atoms with Crippen LogP contribution in [-0.2, 0) is 9.47 Å². The van der Waals surface area contributed by atoms with Crippen LogP contribution in [0.3, 0.4) is 0 Å². The summed E-state index contributed by atoms with van der Waals surface area (Å²) in [7, 11) is 0. The van der Waals surface area contributed by atoms with Gasteiger partial charge in [-0.15, -0.1) is 11.3 Å². The molecule has 1 N–H and O–H groups in total. The van der Waals surface area contributed by atoms with Crippen molar-refractivity contribution >= 4 is 45.5 Å². The number of nitro groups is 2. The van der Waals surface area contributed by atoms with Gasteiger partial charge in [-0.2, -0.15) is 0 Å². The number of thiophene rings is 1. The lowest BCUT2D eigenvalue weighted by Gasteiger charge is -2.26. The molecule has 1 aliphatic heterocycles. The first-order valence-corrected chi connectivity index (χ1v) is 10.9. The maximum Gasteiger partial charge on any atom is 0.341 e. The van der Waals surface area contributed by atoms with E-state index in [1.807, 2.05) is 0 Å². The molecule has 0 radical (unpaired) electrons. The van der Waals surface area contributed by atoms with Crippen LogP contribution in [0.25, 0.3) is 0 Å². The van der Waals surface area contributed by atoms with Crippen molar-refractivity contribution in [3.63, 3.8) is 0 Å². The zero-order chi connectivity index (χ0) is 25.0. The second-order valence-electron chi connectivity index (χ2n) is 7.09. The summed E-state index contributed by atoms with van der Waals surface area (Å²) in [6.07, 6.45) is 0. The first kappa shape index (κ1) is 24.7. The molecule has 1 aliphatic rings. The zero-order valence-electron chi connectivity index (χ0n) is 18.2. The Morgan fingerprint density at radius 2 is 1.71 bits per heavy atom. The number of carbonyl (C=O) groups is 3. The molecular formula is C20H20N4O9S. The number of ether oxygens (including phenoxy) is 2. The molecule has 0 saturated carbocycles. The van der Waals surface area contributed by atoms with Crippen LogP contribution >= 0.6 is 11.3 Å². The van der Waals surface area contributed by atoms with Crippen LogP contribution in [0.15, 0.2) is 18.2 Å². The number of hydrogen-bond donors (Lipinski definition) is 1. The Morgan fingerprint density at radius 3 is 2.24 bits per heavy atom. The van der Waals surface area contributed by atoms with Gasteiger partial charge in [0.2, 0.25) is 0 Å². The van der Waals surface area contributed by atoms with E-state index in [0.29, 0.717) is 31.9 Å². The van der Waals surface area contributed by atoms with E-state index in [2.05, 4.69) is 5.32 Å². The van der Waals surface area contributed by atoms with Crippen LogP contribution in [0.1, 0.15) is 42.9 Å². The number of esters is 1. The van der Waals surface area contributed by atoms with Crippen molar-refractivity contribution in [2.45, 2.75) is 13.8 Å². The standard InChI is InChI=1S/C20H20N4O9S/c1-3-33-20(27)15-11(2)16(19(26)22-4-6-32-7-5-22)34-18(15)21-17(25)12-8-13(23(28)29)10-14(9-12)24(30)31/h8-10H,3-7H2,1-2H3,(H,21,25). The normalized spacial score (nSPS) is 13.3. The number of non-ortho nitro benzene ring substituents is 2. The summed E-state index contributed by atoms with van der Waals surface area (Å²) >= 11 is 0.854. The fourth-order valence-electron chi connectivity index (χ4n) is 3.28. The molecule has 0 atom stereocenters. The zero-order valence-corrected chi connectivity index (χ0v) is 19.0. The van der Waals surface area contributed by atoms with Crippen molar-refractivity contribution in [1.29, 1.82) is 0 Å². The number of carbonyl (C=O) groups excluding carboxylic acids is 3. The molecule has 2 heterocycles. The van der Waals surface area contributed by atoms with Crippen molar-refractivity contribution in [3.05, 3.63) is 60.0 Å². The number of nitrogens with zero attached hydrogens (tertiary/aromatic N) is 3. The fourth-order valence-corrected chi connectivity index (χ4v) is 4.43. The van der Waals surface area contributed by atoms with Crippen molar-refractivity contribution in [2.24, 2.45) is 0 Å². The van der Waals surface area contributed by atoms with Crippen LogP contribution in [0.2, 0.25) is 0 Å². The first-order valence-electron chi connectivity index (χ1n) is 10.1. The lowest BCUT2D eigenvalue weighted by molar-refractivity contribution is -0.394. The van der Waals surface area contributed by atoms with E-state index < -0.39 is 33.1 Å². The molecule has 180 valence electrons. The first-order chi connectivity index (χ1) is 16.1. The van der Waals surface area contributed by atoms with Crippen molar-refractivity contribution in [3.8, 4) is 0 Å². The van der Waals surface area contributed by atoms with Crippen molar-refractivity contribution < 1.29 is 33.7 Å². The Balaban J connectivity index is 2.00. The fraction of sp³-hybridized carbons (Fsp3) is 0.350. The number of morpholine rings is 1. The number of benzene rings is 1. The average Bonchev–Trinajstić information content (AvgIpc) is 3.14. The molecule has 1 aromatic heterocycles. The largest absolute Gasteiger partial charge is 0.462 e. The molecule has 0 spiro atoms. The van der Waals surface area contributed by atoms with E-state index >= 15 is 0 Å². The summed E-state index contributed by atoms with van der Waals surface area (Å²) in [6.45, 7) is 4.66. The van der Waals surface area contributed by atoms with E-state index in [0.717, 1.165) is 29.5 Å². The molecule has 14 heteroatoms. The van der Waals surface area contributed by atoms with Crippen LogP contribution in [0, 0.1) is 27.2 Å². The Hall–Kier alpha value is -3.91. The van der Waals surface area contributed by atoms with Crippen LogP contribution in [-0.4, -0.2) is 65.4 Å². The third kappa shape index (κ3) is 5.18. The minimum atomic E-state index is -0.927. The highest BCUT2D eigenvalue weighted by molar-refractivity contribution is 7.18. The summed E-state index contributed by atoms with van der Waals surface area (Å²) in [5.74, 6) is -2.04. The molecule has 1 fully saturated rings. The van der Waals surface area contributed by atoms with E-state index in [4.69, 9.17) is 9.47 Å². The van der Waals surface area contributed by atoms with Gasteiger partial charge in [0.15, 0.2) is 0 Å². The number of nitrogens with one attached hydrogen (secondary N) is 1. The molecule has 0 bridgehead atoms. The summed E-state index contributed by atoms with van der Waals surface area (Å²) in [6, 6.07) is 2.49.